The number of hydrogen-bond acceptors (Lipinski definition) is 5. The molecule has 0 aliphatic carbocycles. The van der Waals surface area contributed by atoms with Crippen LogP contribution in [-0.4, -0.2) is 50.9 Å². The van der Waals surface area contributed by atoms with Crippen LogP contribution >= 0.6 is 11.8 Å². The highest BCUT2D eigenvalue weighted by atomic mass is 32.2. The Kier molecular flexibility index (Phi) is 6.80. The number of nitrogens with one attached hydrogen (secondary N) is 1. The van der Waals surface area contributed by atoms with Gasteiger partial charge < -0.3 is 14.8 Å². The molecule has 1 atom stereocenters. The molecule has 1 N–H and O–H groups in total. The monoisotopic (exact) mass is 232 g/mol. The SMILES string of the molecule is COCCOCCNC1=NCC(C)CS1. The molecule has 1 unspecified atom stereocenters. The highest BCUT2D eigenvalue weighted by Crippen LogP contribution is 2.15. The van der Waals surface area contributed by atoms with E-state index in [1.807, 2.05) is 0 Å². The highest BCUT2D eigenvalue weighted by Gasteiger charge is 2.10. The Morgan fingerprint density at radius 1 is 1.47 bits per heavy atom. The maximum atomic E-state index is 5.33. The number of aliphatic imine (C=N–C) groups is 1. The van der Waals surface area contributed by atoms with Crippen LogP contribution in [0.1, 0.15) is 6.92 Å². The molecule has 4 nitrogen and oxygen atoms in total. The molecule has 0 spiro atoms. The third-order valence-electron chi connectivity index (χ3n) is 2.01. The van der Waals surface area contributed by atoms with Crippen LogP contribution in [0, 0.1) is 5.92 Å². The fourth-order valence-corrected chi connectivity index (χ4v) is 2.06. The molecular weight excluding hydrogens is 212 g/mol. The van der Waals surface area contributed by atoms with Crippen molar-refractivity contribution in [2.24, 2.45) is 10.9 Å². The van der Waals surface area contributed by atoms with E-state index in [0.717, 1.165) is 24.0 Å². The molecule has 1 rings (SSSR count). The molecule has 0 aromatic rings. The number of hydrogen-bond donors (Lipinski definition) is 1. The summed E-state index contributed by atoms with van der Waals surface area (Å²) in [7, 11) is 1.68. The van der Waals surface area contributed by atoms with E-state index in [4.69, 9.17) is 9.47 Å². The molecule has 0 aromatic heterocycles. The Morgan fingerprint density at radius 3 is 3.00 bits per heavy atom. The molecule has 0 radical (unpaired) electrons. The number of ether oxygens (including phenoxy) is 2. The van der Waals surface area contributed by atoms with Crippen molar-refractivity contribution in [3.63, 3.8) is 0 Å². The van der Waals surface area contributed by atoms with Crippen molar-refractivity contribution in [3.05, 3.63) is 0 Å². The second-order valence-corrected chi connectivity index (χ2v) is 4.60. The van der Waals surface area contributed by atoms with E-state index in [0.29, 0.717) is 25.7 Å². The van der Waals surface area contributed by atoms with Crippen molar-refractivity contribution in [1.82, 2.24) is 5.32 Å². The summed E-state index contributed by atoms with van der Waals surface area (Å²) in [6.45, 7) is 6.02. The Bertz CT molecular complexity index is 200. The minimum atomic E-state index is 0.660. The zero-order valence-corrected chi connectivity index (χ0v) is 10.3. The first kappa shape index (κ1) is 12.8. The minimum Gasteiger partial charge on any atom is -0.382 e. The normalized spacial score (nSPS) is 21.2. The lowest BCUT2D eigenvalue weighted by molar-refractivity contribution is 0.0734. The van der Waals surface area contributed by atoms with E-state index < -0.39 is 0 Å². The average molecular weight is 232 g/mol. The molecule has 15 heavy (non-hydrogen) atoms. The molecule has 88 valence electrons. The highest BCUT2D eigenvalue weighted by molar-refractivity contribution is 8.13. The maximum Gasteiger partial charge on any atom is 0.156 e. The molecule has 0 saturated carbocycles. The summed E-state index contributed by atoms with van der Waals surface area (Å²) in [6, 6.07) is 0. The van der Waals surface area contributed by atoms with Gasteiger partial charge in [-0.15, -0.1) is 0 Å². The van der Waals surface area contributed by atoms with Gasteiger partial charge in [0.2, 0.25) is 0 Å². The van der Waals surface area contributed by atoms with Gasteiger partial charge in [-0.1, -0.05) is 18.7 Å². The van der Waals surface area contributed by atoms with E-state index in [1.165, 1.54) is 0 Å². The first-order valence-corrected chi connectivity index (χ1v) is 6.29. The average Bonchev–Trinajstić information content (AvgIpc) is 2.26. The van der Waals surface area contributed by atoms with Gasteiger partial charge >= 0.3 is 0 Å². The molecule has 0 fully saturated rings. The molecular formula is C10H20N2O2S. The van der Waals surface area contributed by atoms with Crippen molar-refractivity contribution in [1.29, 1.82) is 0 Å². The third-order valence-corrected chi connectivity index (χ3v) is 3.29. The van der Waals surface area contributed by atoms with E-state index >= 15 is 0 Å². The zero-order chi connectivity index (χ0) is 10.9. The van der Waals surface area contributed by atoms with Crippen molar-refractivity contribution >= 4 is 16.9 Å². The summed E-state index contributed by atoms with van der Waals surface area (Å²) in [5.74, 6) is 1.87. The van der Waals surface area contributed by atoms with E-state index in [9.17, 15) is 0 Å². The van der Waals surface area contributed by atoms with E-state index in [-0.39, 0.29) is 0 Å². The summed E-state index contributed by atoms with van der Waals surface area (Å²) >= 11 is 1.80. The maximum absolute atomic E-state index is 5.33. The fraction of sp³-hybridized carbons (Fsp3) is 0.900. The van der Waals surface area contributed by atoms with Gasteiger partial charge in [0, 0.05) is 26.0 Å². The summed E-state index contributed by atoms with van der Waals surface area (Å²) < 4.78 is 10.2. The first-order valence-electron chi connectivity index (χ1n) is 5.30. The number of amidine groups is 1. The molecule has 0 amide bonds. The third kappa shape index (κ3) is 6.02. The molecule has 1 aliphatic heterocycles. The van der Waals surface area contributed by atoms with Crippen LogP contribution in [0.15, 0.2) is 4.99 Å². The van der Waals surface area contributed by atoms with Crippen LogP contribution in [0.3, 0.4) is 0 Å². The van der Waals surface area contributed by atoms with Crippen LogP contribution in [0.2, 0.25) is 0 Å². The fourth-order valence-electron chi connectivity index (χ4n) is 1.14. The van der Waals surface area contributed by atoms with Crippen LogP contribution in [-0.2, 0) is 9.47 Å². The van der Waals surface area contributed by atoms with Gasteiger partial charge in [0.15, 0.2) is 5.17 Å². The molecule has 0 saturated heterocycles. The second kappa shape index (κ2) is 7.96. The lowest BCUT2D eigenvalue weighted by atomic mass is 10.2. The van der Waals surface area contributed by atoms with Gasteiger partial charge in [-0.05, 0) is 5.92 Å². The van der Waals surface area contributed by atoms with E-state index in [2.05, 4.69) is 17.2 Å². The molecule has 0 aromatic carbocycles. The van der Waals surface area contributed by atoms with Gasteiger partial charge in [-0.25, -0.2) is 0 Å². The molecule has 0 bridgehead atoms. The van der Waals surface area contributed by atoms with Gasteiger partial charge in [0.25, 0.3) is 0 Å². The van der Waals surface area contributed by atoms with Gasteiger partial charge in [0.05, 0.1) is 19.8 Å². The lowest BCUT2D eigenvalue weighted by Gasteiger charge is -2.17. The number of nitrogens with zero attached hydrogens (tertiary/aromatic N) is 1. The minimum absolute atomic E-state index is 0.660. The van der Waals surface area contributed by atoms with Crippen LogP contribution in [0.25, 0.3) is 0 Å². The second-order valence-electron chi connectivity index (χ2n) is 3.59. The topological polar surface area (TPSA) is 42.9 Å². The summed E-state index contributed by atoms with van der Waals surface area (Å²) in [5.41, 5.74) is 0. The van der Waals surface area contributed by atoms with Gasteiger partial charge in [-0.2, -0.15) is 0 Å². The van der Waals surface area contributed by atoms with Crippen molar-refractivity contribution < 1.29 is 9.47 Å². The summed E-state index contributed by atoms with van der Waals surface area (Å²) in [4.78, 5) is 4.43. The van der Waals surface area contributed by atoms with Crippen molar-refractivity contribution in [3.8, 4) is 0 Å². The zero-order valence-electron chi connectivity index (χ0n) is 9.49. The molecule has 5 heteroatoms. The number of thioether (sulfide) groups is 1. The first-order chi connectivity index (χ1) is 7.33. The van der Waals surface area contributed by atoms with E-state index in [1.54, 1.807) is 18.9 Å². The Balaban J connectivity index is 1.96. The Morgan fingerprint density at radius 2 is 2.33 bits per heavy atom. The molecule has 1 heterocycles. The predicted octanol–water partition coefficient (Wildman–Crippen LogP) is 0.978. The van der Waals surface area contributed by atoms with Crippen molar-refractivity contribution in [2.75, 3.05) is 45.8 Å². The van der Waals surface area contributed by atoms with Crippen LogP contribution < -0.4 is 5.32 Å². The van der Waals surface area contributed by atoms with Gasteiger partial charge in [-0.3, -0.25) is 4.99 Å². The predicted molar refractivity (Wildman–Crippen MR) is 64.6 cm³/mol. The Labute approximate surface area is 95.8 Å². The Hall–Kier alpha value is -0.260. The van der Waals surface area contributed by atoms with Crippen LogP contribution in [0.5, 0.6) is 0 Å². The lowest BCUT2D eigenvalue weighted by Crippen LogP contribution is -2.29. The largest absolute Gasteiger partial charge is 0.382 e. The van der Waals surface area contributed by atoms with Crippen molar-refractivity contribution in [2.45, 2.75) is 6.92 Å². The quantitative estimate of drug-likeness (QED) is 0.693. The molecule has 1 aliphatic rings. The summed E-state index contributed by atoms with van der Waals surface area (Å²) in [6.07, 6.45) is 0. The standard InChI is InChI=1S/C10H20N2O2S/c1-9-7-12-10(15-8-9)11-3-4-14-6-5-13-2/h9H,3-8H2,1-2H3,(H,11,12). The summed E-state index contributed by atoms with van der Waals surface area (Å²) in [5, 5.41) is 4.32. The smallest absolute Gasteiger partial charge is 0.156 e. The van der Waals surface area contributed by atoms with Gasteiger partial charge in [0.1, 0.15) is 0 Å². The number of rotatable bonds is 6. The van der Waals surface area contributed by atoms with Crippen LogP contribution in [0.4, 0.5) is 0 Å². The number of methoxy groups -OCH3 is 1.